The lowest BCUT2D eigenvalue weighted by atomic mass is 9.74. The summed E-state index contributed by atoms with van der Waals surface area (Å²) < 4.78 is 0. The Hall–Kier alpha value is -2.77. The molecule has 2 aliphatic heterocycles. The molecule has 34 heavy (non-hydrogen) atoms. The average Bonchev–Trinajstić information content (AvgIpc) is 3.40. The van der Waals surface area contributed by atoms with E-state index in [0.717, 1.165) is 35.1 Å². The maximum Gasteiger partial charge on any atom is 0.281 e. The molecule has 3 aromatic rings. The zero-order valence-corrected chi connectivity index (χ0v) is 20.7. The highest BCUT2D eigenvalue weighted by atomic mass is 32.2. The monoisotopic (exact) mass is 477 g/mol. The van der Waals surface area contributed by atoms with Gasteiger partial charge in [-0.2, -0.15) is 0 Å². The summed E-state index contributed by atoms with van der Waals surface area (Å²) in [6.45, 7) is 4.97. The molecule has 5 N–H and O–H groups in total. The van der Waals surface area contributed by atoms with Crippen molar-refractivity contribution in [1.29, 1.82) is 0 Å². The number of thioether (sulfide) groups is 1. The van der Waals surface area contributed by atoms with Crippen LogP contribution in [0.25, 0.3) is 10.9 Å². The summed E-state index contributed by atoms with van der Waals surface area (Å²) in [7, 11) is 0. The number of nitrogens with one attached hydrogen (secondary N) is 2. The van der Waals surface area contributed by atoms with E-state index in [9.17, 15) is 9.59 Å². The topological polar surface area (TPSA) is 92.8 Å². The van der Waals surface area contributed by atoms with E-state index in [0.29, 0.717) is 19.5 Å². The van der Waals surface area contributed by atoms with Crippen molar-refractivity contribution in [2.75, 3.05) is 18.8 Å². The predicted molar refractivity (Wildman–Crippen MR) is 136 cm³/mol. The van der Waals surface area contributed by atoms with Crippen molar-refractivity contribution in [3.63, 3.8) is 0 Å². The normalized spacial score (nSPS) is 18.1. The van der Waals surface area contributed by atoms with E-state index < -0.39 is 11.6 Å². The minimum Gasteiger partial charge on any atom is -0.361 e. The van der Waals surface area contributed by atoms with Crippen molar-refractivity contribution in [1.82, 2.24) is 15.2 Å². The zero-order valence-electron chi connectivity index (χ0n) is 19.9. The number of para-hydroxylation sites is 1. The van der Waals surface area contributed by atoms with E-state index in [2.05, 4.69) is 46.4 Å². The summed E-state index contributed by atoms with van der Waals surface area (Å²) in [6, 6.07) is 16.1. The molecule has 2 aromatic carbocycles. The summed E-state index contributed by atoms with van der Waals surface area (Å²) in [5.74, 6) is 0.872. The number of aromatic nitrogens is 1. The van der Waals surface area contributed by atoms with Crippen LogP contribution < -0.4 is 11.1 Å². The number of hydrogen-bond donors (Lipinski definition) is 3. The Morgan fingerprint density at radius 1 is 1.15 bits per heavy atom. The number of likely N-dealkylation sites (tertiary alicyclic amines) is 1. The third-order valence-corrected chi connectivity index (χ3v) is 8.68. The maximum atomic E-state index is 13.7. The number of H-pyrrole nitrogens is 1. The minimum atomic E-state index is -0.810. The smallest absolute Gasteiger partial charge is 0.281 e. The Labute approximate surface area is 204 Å². The Morgan fingerprint density at radius 2 is 1.85 bits per heavy atom. The quantitative estimate of drug-likeness (QED) is 0.528. The van der Waals surface area contributed by atoms with Crippen LogP contribution >= 0.6 is 11.8 Å². The Bertz CT molecular complexity index is 1220. The van der Waals surface area contributed by atoms with Crippen LogP contribution in [-0.4, -0.2) is 52.1 Å². The third kappa shape index (κ3) is 4.23. The van der Waals surface area contributed by atoms with E-state index in [1.54, 1.807) is 13.8 Å². The first kappa shape index (κ1) is 23.0. The fourth-order valence-corrected chi connectivity index (χ4v) is 6.68. The molecular weight excluding hydrogens is 444 g/mol. The predicted octanol–water partition coefficient (Wildman–Crippen LogP) is 2.88. The molecule has 1 spiro atoms. The van der Waals surface area contributed by atoms with Crippen LogP contribution in [0.3, 0.4) is 0 Å². The van der Waals surface area contributed by atoms with Gasteiger partial charge in [0, 0.05) is 52.7 Å². The second-order valence-corrected chi connectivity index (χ2v) is 11.4. The first-order valence-electron chi connectivity index (χ1n) is 12.0. The third-order valence-electron chi connectivity index (χ3n) is 7.31. The molecule has 2 aliphatic rings. The van der Waals surface area contributed by atoms with E-state index in [1.807, 2.05) is 41.1 Å². The molecule has 0 saturated carbocycles. The van der Waals surface area contributed by atoms with E-state index in [1.165, 1.54) is 10.5 Å². The van der Waals surface area contributed by atoms with Gasteiger partial charge >= 0.3 is 0 Å². The van der Waals surface area contributed by atoms with Crippen molar-refractivity contribution < 1.29 is 15.3 Å². The van der Waals surface area contributed by atoms with Gasteiger partial charge in [-0.25, -0.2) is 0 Å². The second kappa shape index (κ2) is 8.78. The summed E-state index contributed by atoms with van der Waals surface area (Å²) in [5, 5.41) is 4.11. The van der Waals surface area contributed by atoms with Gasteiger partial charge in [-0.05, 0) is 49.9 Å². The zero-order chi connectivity index (χ0) is 23.9. The van der Waals surface area contributed by atoms with Crippen molar-refractivity contribution in [2.24, 2.45) is 0 Å². The Kier molecular flexibility index (Phi) is 5.94. The number of quaternary nitrogens is 1. The fourth-order valence-electron chi connectivity index (χ4n) is 5.19. The molecule has 2 amide bonds. The van der Waals surface area contributed by atoms with Crippen LogP contribution in [-0.2, 0) is 21.4 Å². The number of amides is 2. The molecule has 178 valence electrons. The lowest BCUT2D eigenvalue weighted by molar-refractivity contribution is -0.446. The second-order valence-electron chi connectivity index (χ2n) is 10.4. The van der Waals surface area contributed by atoms with Crippen LogP contribution in [0.1, 0.15) is 37.8 Å². The van der Waals surface area contributed by atoms with Crippen molar-refractivity contribution >= 4 is 34.5 Å². The summed E-state index contributed by atoms with van der Waals surface area (Å²) in [6.07, 6.45) is 4.31. The van der Waals surface area contributed by atoms with Crippen LogP contribution in [0, 0.1) is 0 Å². The summed E-state index contributed by atoms with van der Waals surface area (Å²) in [5.41, 5.74) is 6.82. The number of carbonyl (C=O) groups excluding carboxylic acids is 2. The Morgan fingerprint density at radius 3 is 2.62 bits per heavy atom. The summed E-state index contributed by atoms with van der Waals surface area (Å²) >= 11 is 1.93. The SMILES string of the molecule is CC(C)([NH3+])C(=O)N[C@H](Cc1c[nH]c2ccccc12)C(=O)N1CCC2(CC1)CSc1ccccc12. The van der Waals surface area contributed by atoms with Gasteiger partial charge in [0.15, 0.2) is 5.54 Å². The maximum absolute atomic E-state index is 13.7. The van der Waals surface area contributed by atoms with Gasteiger partial charge in [-0.15, -0.1) is 11.8 Å². The molecular formula is C27H33N4O2S+. The summed E-state index contributed by atoms with van der Waals surface area (Å²) in [4.78, 5) is 33.2. The van der Waals surface area contributed by atoms with Gasteiger partial charge in [0.05, 0.1) is 0 Å². The van der Waals surface area contributed by atoms with Gasteiger partial charge in [0.2, 0.25) is 5.91 Å². The number of aromatic amines is 1. The van der Waals surface area contributed by atoms with E-state index in [-0.39, 0.29) is 17.2 Å². The van der Waals surface area contributed by atoms with Gasteiger partial charge in [0.25, 0.3) is 5.91 Å². The number of rotatable bonds is 5. The Balaban J connectivity index is 1.35. The average molecular weight is 478 g/mol. The van der Waals surface area contributed by atoms with Crippen molar-refractivity contribution in [2.45, 2.75) is 55.0 Å². The number of fused-ring (bicyclic) bond motifs is 3. The number of carbonyl (C=O) groups is 2. The molecule has 1 aromatic heterocycles. The van der Waals surface area contributed by atoms with Gasteiger partial charge < -0.3 is 20.9 Å². The highest BCUT2D eigenvalue weighted by Crippen LogP contribution is 2.49. The lowest BCUT2D eigenvalue weighted by Gasteiger charge is -2.41. The largest absolute Gasteiger partial charge is 0.361 e. The molecule has 7 heteroatoms. The molecule has 0 bridgehead atoms. The molecule has 0 radical (unpaired) electrons. The fraction of sp³-hybridized carbons (Fsp3) is 0.407. The molecule has 3 heterocycles. The molecule has 1 atom stereocenters. The first-order chi connectivity index (χ1) is 16.3. The highest BCUT2D eigenvalue weighted by molar-refractivity contribution is 7.99. The first-order valence-corrected chi connectivity index (χ1v) is 13.0. The van der Waals surface area contributed by atoms with Crippen molar-refractivity contribution in [3.05, 3.63) is 65.9 Å². The minimum absolute atomic E-state index is 0.00309. The van der Waals surface area contributed by atoms with Gasteiger partial charge in [0.1, 0.15) is 6.04 Å². The number of nitrogens with zero attached hydrogens (tertiary/aromatic N) is 1. The number of piperidine rings is 1. The van der Waals surface area contributed by atoms with Gasteiger partial charge in [-0.1, -0.05) is 36.4 Å². The molecule has 6 nitrogen and oxygen atoms in total. The van der Waals surface area contributed by atoms with E-state index >= 15 is 0 Å². The van der Waals surface area contributed by atoms with Gasteiger partial charge in [-0.3, -0.25) is 9.59 Å². The van der Waals surface area contributed by atoms with Crippen LogP contribution in [0.4, 0.5) is 0 Å². The van der Waals surface area contributed by atoms with E-state index in [4.69, 9.17) is 0 Å². The highest BCUT2D eigenvalue weighted by Gasteiger charge is 2.43. The molecule has 0 aliphatic carbocycles. The number of hydrogen-bond acceptors (Lipinski definition) is 3. The van der Waals surface area contributed by atoms with Crippen LogP contribution in [0.15, 0.2) is 59.6 Å². The molecule has 1 saturated heterocycles. The molecule has 5 rings (SSSR count). The van der Waals surface area contributed by atoms with Crippen LogP contribution in [0.5, 0.6) is 0 Å². The number of benzene rings is 2. The standard InChI is InChI=1S/C27H32N4O2S/c1-26(2,28)25(33)30-22(15-18-16-29-21-9-5-3-7-19(18)21)24(32)31-13-11-27(12-14-31)17-34-23-10-6-4-8-20(23)27/h3-10,16,22,29H,11-15,17,28H2,1-2H3,(H,30,33)/p+1/t22-/m1/s1. The molecule has 0 unspecified atom stereocenters. The lowest BCUT2D eigenvalue weighted by Crippen LogP contribution is -2.76. The van der Waals surface area contributed by atoms with Crippen LogP contribution in [0.2, 0.25) is 0 Å². The van der Waals surface area contributed by atoms with Crippen molar-refractivity contribution in [3.8, 4) is 0 Å². The molecule has 1 fully saturated rings.